The molecule has 1 fully saturated rings. The van der Waals surface area contributed by atoms with E-state index < -0.39 is 0 Å². The first-order valence-corrected chi connectivity index (χ1v) is 9.33. The van der Waals surface area contributed by atoms with Crippen LogP contribution < -0.4 is 15.0 Å². The number of carbonyl (C=O) groups is 1. The second-order valence-electron chi connectivity index (χ2n) is 6.61. The Labute approximate surface area is 160 Å². The number of rotatable bonds is 6. The molecule has 0 bridgehead atoms. The van der Waals surface area contributed by atoms with Crippen LogP contribution in [0, 0.1) is 6.92 Å². The fraction of sp³-hybridized carbons (Fsp3) is 0.450. The Kier molecular flexibility index (Phi) is 6.24. The molecule has 27 heavy (non-hydrogen) atoms. The van der Waals surface area contributed by atoms with Gasteiger partial charge in [0.2, 0.25) is 5.95 Å². The maximum atomic E-state index is 12.6. The summed E-state index contributed by atoms with van der Waals surface area (Å²) < 4.78 is 5.33. The van der Waals surface area contributed by atoms with Crippen molar-refractivity contribution in [2.45, 2.75) is 20.4 Å². The number of anilines is 1. The van der Waals surface area contributed by atoms with Crippen molar-refractivity contribution >= 4 is 11.9 Å². The summed E-state index contributed by atoms with van der Waals surface area (Å²) in [4.78, 5) is 26.2. The van der Waals surface area contributed by atoms with E-state index in [1.165, 1.54) is 0 Å². The molecule has 0 saturated carbocycles. The van der Waals surface area contributed by atoms with Crippen molar-refractivity contribution in [3.8, 4) is 5.75 Å². The Morgan fingerprint density at radius 2 is 1.93 bits per heavy atom. The minimum absolute atomic E-state index is 0.208. The third-order valence-corrected chi connectivity index (χ3v) is 4.81. The highest BCUT2D eigenvalue weighted by Gasteiger charge is 2.20. The van der Waals surface area contributed by atoms with Gasteiger partial charge in [0.25, 0.3) is 5.91 Å². The molecule has 3 rings (SSSR count). The number of likely N-dealkylation sites (N-methyl/N-ethyl adjacent to an activating group) is 1. The molecule has 1 saturated heterocycles. The molecule has 0 spiro atoms. The number of amides is 1. The van der Waals surface area contributed by atoms with E-state index in [9.17, 15) is 4.79 Å². The van der Waals surface area contributed by atoms with Crippen LogP contribution in [-0.4, -0.2) is 60.6 Å². The summed E-state index contributed by atoms with van der Waals surface area (Å²) in [5.41, 5.74) is 2.11. The molecule has 2 heterocycles. The van der Waals surface area contributed by atoms with Crippen LogP contribution in [0.2, 0.25) is 0 Å². The molecule has 0 radical (unpaired) electrons. The van der Waals surface area contributed by atoms with E-state index in [4.69, 9.17) is 4.74 Å². The molecule has 1 aromatic heterocycles. The van der Waals surface area contributed by atoms with E-state index in [1.807, 2.05) is 31.2 Å². The lowest BCUT2D eigenvalue weighted by atomic mass is 10.2. The van der Waals surface area contributed by atoms with Gasteiger partial charge in [0.1, 0.15) is 11.4 Å². The van der Waals surface area contributed by atoms with Crippen molar-refractivity contribution in [2.24, 2.45) is 0 Å². The lowest BCUT2D eigenvalue weighted by molar-refractivity contribution is 0.0945. The van der Waals surface area contributed by atoms with E-state index in [-0.39, 0.29) is 5.91 Å². The standard InChI is InChI=1S/C20H27N5O2/c1-4-24-9-11-25(12-10-24)20-22-15(2)13-17(23-20)19(26)21-14-16-7-5-6-8-18(16)27-3/h5-8,13H,4,9-12,14H2,1-3H3,(H,21,26). The highest BCUT2D eigenvalue weighted by Crippen LogP contribution is 2.17. The zero-order chi connectivity index (χ0) is 19.2. The topological polar surface area (TPSA) is 70.6 Å². The largest absolute Gasteiger partial charge is 0.496 e. The molecule has 7 heteroatoms. The Hall–Kier alpha value is -2.67. The van der Waals surface area contributed by atoms with Crippen LogP contribution in [-0.2, 0) is 6.54 Å². The van der Waals surface area contributed by atoms with Crippen molar-refractivity contribution in [2.75, 3.05) is 44.7 Å². The highest BCUT2D eigenvalue weighted by atomic mass is 16.5. The van der Waals surface area contributed by atoms with Gasteiger partial charge >= 0.3 is 0 Å². The monoisotopic (exact) mass is 369 g/mol. The number of methoxy groups -OCH3 is 1. The summed E-state index contributed by atoms with van der Waals surface area (Å²) in [5.74, 6) is 1.18. The third kappa shape index (κ3) is 4.74. The van der Waals surface area contributed by atoms with Gasteiger partial charge in [-0.3, -0.25) is 4.79 Å². The molecular formula is C20H27N5O2. The molecular weight excluding hydrogens is 342 g/mol. The molecule has 1 amide bonds. The van der Waals surface area contributed by atoms with Crippen LogP contribution in [0.15, 0.2) is 30.3 Å². The zero-order valence-corrected chi connectivity index (χ0v) is 16.2. The fourth-order valence-electron chi connectivity index (χ4n) is 3.19. The molecule has 0 atom stereocenters. The first-order valence-electron chi connectivity index (χ1n) is 9.33. The number of para-hydroxylation sites is 1. The van der Waals surface area contributed by atoms with E-state index in [0.29, 0.717) is 18.2 Å². The number of nitrogens with zero attached hydrogens (tertiary/aromatic N) is 4. The molecule has 144 valence electrons. The van der Waals surface area contributed by atoms with Crippen LogP contribution in [0.4, 0.5) is 5.95 Å². The van der Waals surface area contributed by atoms with Crippen LogP contribution >= 0.6 is 0 Å². The predicted octanol–water partition coefficient (Wildman–Crippen LogP) is 1.87. The van der Waals surface area contributed by atoms with Gasteiger partial charge in [-0.1, -0.05) is 25.1 Å². The first kappa shape index (κ1) is 19.1. The van der Waals surface area contributed by atoms with Crippen molar-refractivity contribution < 1.29 is 9.53 Å². The summed E-state index contributed by atoms with van der Waals surface area (Å²) in [7, 11) is 1.62. The van der Waals surface area contributed by atoms with Crippen molar-refractivity contribution in [1.29, 1.82) is 0 Å². The second-order valence-corrected chi connectivity index (χ2v) is 6.61. The van der Waals surface area contributed by atoms with Gasteiger partial charge < -0.3 is 19.9 Å². The predicted molar refractivity (Wildman–Crippen MR) is 105 cm³/mol. The van der Waals surface area contributed by atoms with Crippen molar-refractivity contribution in [3.05, 3.63) is 47.3 Å². The van der Waals surface area contributed by atoms with Gasteiger partial charge in [-0.2, -0.15) is 0 Å². The number of aromatic nitrogens is 2. The second kappa shape index (κ2) is 8.81. The quantitative estimate of drug-likeness (QED) is 0.838. The summed E-state index contributed by atoms with van der Waals surface area (Å²) in [6.45, 7) is 9.23. The molecule has 0 aliphatic carbocycles. The Balaban J connectivity index is 1.69. The fourth-order valence-corrected chi connectivity index (χ4v) is 3.19. The zero-order valence-electron chi connectivity index (χ0n) is 16.2. The molecule has 2 aromatic rings. The minimum atomic E-state index is -0.208. The molecule has 7 nitrogen and oxygen atoms in total. The van der Waals surface area contributed by atoms with Crippen LogP contribution in [0.5, 0.6) is 5.75 Å². The van der Waals surface area contributed by atoms with Crippen LogP contribution in [0.25, 0.3) is 0 Å². The third-order valence-electron chi connectivity index (χ3n) is 4.81. The average molecular weight is 369 g/mol. The molecule has 1 N–H and O–H groups in total. The maximum Gasteiger partial charge on any atom is 0.270 e. The highest BCUT2D eigenvalue weighted by molar-refractivity contribution is 5.92. The lowest BCUT2D eigenvalue weighted by Gasteiger charge is -2.34. The SMILES string of the molecule is CCN1CCN(c2nc(C)cc(C(=O)NCc3ccccc3OC)n2)CC1. The van der Waals surface area contributed by atoms with Gasteiger partial charge in [0.15, 0.2) is 0 Å². The van der Waals surface area contributed by atoms with Gasteiger partial charge in [-0.25, -0.2) is 9.97 Å². The summed E-state index contributed by atoms with van der Waals surface area (Å²) in [6.07, 6.45) is 0. The summed E-state index contributed by atoms with van der Waals surface area (Å²) in [6, 6.07) is 9.37. The lowest BCUT2D eigenvalue weighted by Crippen LogP contribution is -2.47. The van der Waals surface area contributed by atoms with E-state index >= 15 is 0 Å². The van der Waals surface area contributed by atoms with Crippen LogP contribution in [0.3, 0.4) is 0 Å². The normalized spacial score (nSPS) is 14.9. The van der Waals surface area contributed by atoms with E-state index in [1.54, 1.807) is 13.2 Å². The number of hydrogen-bond donors (Lipinski definition) is 1. The first-order chi connectivity index (χ1) is 13.1. The summed E-state index contributed by atoms with van der Waals surface area (Å²) >= 11 is 0. The Morgan fingerprint density at radius 3 is 2.63 bits per heavy atom. The van der Waals surface area contributed by atoms with Gasteiger partial charge in [-0.05, 0) is 25.6 Å². The number of ether oxygens (including phenoxy) is 1. The summed E-state index contributed by atoms with van der Waals surface area (Å²) in [5, 5.41) is 2.93. The molecule has 1 aliphatic heterocycles. The number of hydrogen-bond acceptors (Lipinski definition) is 6. The Morgan fingerprint density at radius 1 is 1.19 bits per heavy atom. The molecule has 1 aliphatic rings. The molecule has 0 unspecified atom stereocenters. The van der Waals surface area contributed by atoms with Gasteiger partial charge in [0.05, 0.1) is 7.11 Å². The number of carbonyl (C=O) groups excluding carboxylic acids is 1. The van der Waals surface area contributed by atoms with E-state index in [2.05, 4.69) is 32.0 Å². The van der Waals surface area contributed by atoms with E-state index in [0.717, 1.165) is 49.7 Å². The van der Waals surface area contributed by atoms with Crippen molar-refractivity contribution in [3.63, 3.8) is 0 Å². The molecule has 1 aromatic carbocycles. The average Bonchev–Trinajstić information content (AvgIpc) is 2.71. The smallest absolute Gasteiger partial charge is 0.270 e. The number of piperazine rings is 1. The minimum Gasteiger partial charge on any atom is -0.496 e. The van der Waals surface area contributed by atoms with Gasteiger partial charge in [0, 0.05) is 44.0 Å². The Bertz CT molecular complexity index is 788. The maximum absolute atomic E-state index is 12.6. The van der Waals surface area contributed by atoms with Crippen molar-refractivity contribution in [1.82, 2.24) is 20.2 Å². The van der Waals surface area contributed by atoms with Crippen LogP contribution in [0.1, 0.15) is 28.7 Å². The number of nitrogens with one attached hydrogen (secondary N) is 1. The number of aryl methyl sites for hydroxylation is 1. The van der Waals surface area contributed by atoms with Gasteiger partial charge in [-0.15, -0.1) is 0 Å². The number of benzene rings is 1.